The molecule has 124 valence electrons. The predicted molar refractivity (Wildman–Crippen MR) is 91.3 cm³/mol. The highest BCUT2D eigenvalue weighted by Crippen LogP contribution is 2.35. The Hall–Kier alpha value is -2.53. The molecule has 1 amide bonds. The van der Waals surface area contributed by atoms with Crippen molar-refractivity contribution >= 4 is 11.6 Å². The molecule has 1 aliphatic heterocycles. The predicted octanol–water partition coefficient (Wildman–Crippen LogP) is 2.97. The molecule has 1 aliphatic carbocycles. The van der Waals surface area contributed by atoms with Gasteiger partial charge in [0.1, 0.15) is 0 Å². The Morgan fingerprint density at radius 1 is 1.21 bits per heavy atom. The van der Waals surface area contributed by atoms with Crippen LogP contribution in [0.25, 0.3) is 0 Å². The first-order valence-electron chi connectivity index (χ1n) is 8.18. The van der Waals surface area contributed by atoms with Crippen LogP contribution in [0.4, 0.5) is 5.69 Å². The summed E-state index contributed by atoms with van der Waals surface area (Å²) in [5.41, 5.74) is 3.46. The highest BCUT2D eigenvalue weighted by atomic mass is 16.7. The number of anilines is 1. The molecule has 0 radical (unpaired) electrons. The zero-order chi connectivity index (χ0) is 16.5. The third-order valence-electron chi connectivity index (χ3n) is 4.68. The molecule has 5 nitrogen and oxygen atoms in total. The molecule has 4 rings (SSSR count). The summed E-state index contributed by atoms with van der Waals surface area (Å²) >= 11 is 0. The molecule has 0 aromatic heterocycles. The van der Waals surface area contributed by atoms with E-state index in [1.54, 1.807) is 6.07 Å². The number of hydrogen-bond acceptors (Lipinski definition) is 4. The van der Waals surface area contributed by atoms with E-state index >= 15 is 0 Å². The maximum atomic E-state index is 12.4. The summed E-state index contributed by atoms with van der Waals surface area (Å²) in [4.78, 5) is 14.5. The third kappa shape index (κ3) is 2.83. The van der Waals surface area contributed by atoms with E-state index in [1.807, 2.05) is 19.2 Å². The number of rotatable bonds is 4. The second-order valence-electron chi connectivity index (χ2n) is 6.28. The van der Waals surface area contributed by atoms with Crippen molar-refractivity contribution in [2.45, 2.75) is 18.9 Å². The van der Waals surface area contributed by atoms with Crippen LogP contribution in [-0.4, -0.2) is 31.2 Å². The maximum absolute atomic E-state index is 12.4. The van der Waals surface area contributed by atoms with Crippen molar-refractivity contribution in [3.8, 4) is 11.5 Å². The van der Waals surface area contributed by atoms with E-state index in [0.717, 1.165) is 18.5 Å². The van der Waals surface area contributed by atoms with E-state index in [4.69, 9.17) is 9.47 Å². The lowest BCUT2D eigenvalue weighted by Crippen LogP contribution is -2.32. The molecule has 24 heavy (non-hydrogen) atoms. The molecular weight excluding hydrogens is 304 g/mol. The minimum atomic E-state index is -0.0271. The van der Waals surface area contributed by atoms with Gasteiger partial charge in [-0.15, -0.1) is 0 Å². The van der Waals surface area contributed by atoms with Crippen LogP contribution in [0.2, 0.25) is 0 Å². The molecule has 0 fully saturated rings. The zero-order valence-corrected chi connectivity index (χ0v) is 13.6. The van der Waals surface area contributed by atoms with E-state index in [-0.39, 0.29) is 12.7 Å². The van der Waals surface area contributed by atoms with Crippen LogP contribution < -0.4 is 14.8 Å². The number of ether oxygens (including phenoxy) is 2. The topological polar surface area (TPSA) is 50.8 Å². The van der Waals surface area contributed by atoms with Gasteiger partial charge in [-0.25, -0.2) is 0 Å². The third-order valence-corrected chi connectivity index (χ3v) is 4.68. The number of amides is 1. The number of nitrogens with zero attached hydrogens (tertiary/aromatic N) is 1. The lowest BCUT2D eigenvalue weighted by Gasteiger charge is -2.24. The smallest absolute Gasteiger partial charge is 0.238 e. The summed E-state index contributed by atoms with van der Waals surface area (Å²) in [7, 11) is 2.01. The SMILES string of the molecule is CN(CC(=O)Nc1ccc2c(c1)OCO2)[C@H]1CCc2ccccc21. The second-order valence-corrected chi connectivity index (χ2v) is 6.28. The van der Waals surface area contributed by atoms with Crippen molar-refractivity contribution in [1.82, 2.24) is 4.90 Å². The normalized spacial score (nSPS) is 17.8. The molecule has 1 atom stereocenters. The van der Waals surface area contributed by atoms with E-state index < -0.39 is 0 Å². The molecule has 1 N–H and O–H groups in total. The molecular formula is C19H20N2O3. The Kier molecular flexibility index (Phi) is 3.86. The molecule has 0 spiro atoms. The van der Waals surface area contributed by atoms with Gasteiger partial charge in [0.05, 0.1) is 6.54 Å². The number of likely N-dealkylation sites (N-methyl/N-ethyl adjacent to an activating group) is 1. The highest BCUT2D eigenvalue weighted by Gasteiger charge is 2.26. The number of hydrogen-bond donors (Lipinski definition) is 1. The fourth-order valence-corrected chi connectivity index (χ4v) is 3.50. The lowest BCUT2D eigenvalue weighted by molar-refractivity contribution is -0.117. The maximum Gasteiger partial charge on any atom is 0.238 e. The molecule has 0 unspecified atom stereocenters. The average molecular weight is 324 g/mol. The summed E-state index contributed by atoms with van der Waals surface area (Å²) in [6, 6.07) is 14.2. The largest absolute Gasteiger partial charge is 0.454 e. The zero-order valence-electron chi connectivity index (χ0n) is 13.6. The number of carbonyl (C=O) groups is 1. The molecule has 1 heterocycles. The molecule has 2 aliphatic rings. The molecule has 2 aromatic carbocycles. The van der Waals surface area contributed by atoms with E-state index in [0.29, 0.717) is 24.1 Å². The number of nitrogens with one attached hydrogen (secondary N) is 1. The first-order valence-corrected chi connectivity index (χ1v) is 8.18. The van der Waals surface area contributed by atoms with E-state index in [1.165, 1.54) is 11.1 Å². The Bertz CT molecular complexity index is 775. The molecule has 0 saturated heterocycles. The van der Waals surface area contributed by atoms with Crippen molar-refractivity contribution in [2.75, 3.05) is 25.7 Å². The summed E-state index contributed by atoms with van der Waals surface area (Å²) in [5, 5.41) is 2.93. The highest BCUT2D eigenvalue weighted by molar-refractivity contribution is 5.92. The quantitative estimate of drug-likeness (QED) is 0.939. The summed E-state index contributed by atoms with van der Waals surface area (Å²) in [5.74, 6) is 1.36. The van der Waals surface area contributed by atoms with Gasteiger partial charge in [0.2, 0.25) is 12.7 Å². The summed E-state index contributed by atoms with van der Waals surface area (Å²) in [6.07, 6.45) is 2.14. The van der Waals surface area contributed by atoms with Gasteiger partial charge < -0.3 is 14.8 Å². The Balaban J connectivity index is 1.39. The van der Waals surface area contributed by atoms with Crippen molar-refractivity contribution in [3.05, 3.63) is 53.6 Å². The summed E-state index contributed by atoms with van der Waals surface area (Å²) < 4.78 is 10.6. The van der Waals surface area contributed by atoms with E-state index in [9.17, 15) is 4.79 Å². The standard InChI is InChI=1S/C19H20N2O3/c1-21(16-8-6-13-4-2-3-5-15(13)16)11-19(22)20-14-7-9-17-18(10-14)24-12-23-17/h2-5,7,9-10,16H,6,8,11-12H2,1H3,(H,20,22)/t16-/m0/s1. The molecule has 5 heteroatoms. The van der Waals surface area contributed by atoms with Gasteiger partial charge in [-0.3, -0.25) is 9.69 Å². The molecule has 0 saturated carbocycles. The second kappa shape index (κ2) is 6.17. The van der Waals surface area contributed by atoms with Crippen LogP contribution >= 0.6 is 0 Å². The fraction of sp³-hybridized carbons (Fsp3) is 0.316. The summed E-state index contributed by atoms with van der Waals surface area (Å²) in [6.45, 7) is 0.587. The number of aryl methyl sites for hydroxylation is 1. The number of benzene rings is 2. The van der Waals surface area contributed by atoms with Crippen molar-refractivity contribution in [1.29, 1.82) is 0 Å². The van der Waals surface area contributed by atoms with Gasteiger partial charge in [-0.1, -0.05) is 24.3 Å². The van der Waals surface area contributed by atoms with Gasteiger partial charge in [0, 0.05) is 17.8 Å². The minimum Gasteiger partial charge on any atom is -0.454 e. The molecule has 2 aromatic rings. The van der Waals surface area contributed by atoms with Crippen LogP contribution in [0, 0.1) is 0 Å². The number of carbonyl (C=O) groups excluding carboxylic acids is 1. The van der Waals surface area contributed by atoms with Crippen LogP contribution in [0.5, 0.6) is 11.5 Å². The monoisotopic (exact) mass is 324 g/mol. The van der Waals surface area contributed by atoms with Gasteiger partial charge in [0.15, 0.2) is 11.5 Å². The average Bonchev–Trinajstić information content (AvgIpc) is 3.20. The van der Waals surface area contributed by atoms with E-state index in [2.05, 4.69) is 34.5 Å². The lowest BCUT2D eigenvalue weighted by atomic mass is 10.1. The minimum absolute atomic E-state index is 0.0271. The van der Waals surface area contributed by atoms with Gasteiger partial charge in [-0.05, 0) is 43.1 Å². The number of fused-ring (bicyclic) bond motifs is 2. The van der Waals surface area contributed by atoms with Crippen molar-refractivity contribution < 1.29 is 14.3 Å². The Morgan fingerprint density at radius 3 is 2.96 bits per heavy atom. The Labute approximate surface area is 141 Å². The van der Waals surface area contributed by atoms with Gasteiger partial charge in [0.25, 0.3) is 0 Å². The first kappa shape index (κ1) is 15.0. The van der Waals surface area contributed by atoms with Crippen LogP contribution in [0.15, 0.2) is 42.5 Å². The van der Waals surface area contributed by atoms with Crippen molar-refractivity contribution in [2.24, 2.45) is 0 Å². The van der Waals surface area contributed by atoms with Crippen molar-refractivity contribution in [3.63, 3.8) is 0 Å². The van der Waals surface area contributed by atoms with Gasteiger partial charge in [-0.2, -0.15) is 0 Å². The first-order chi connectivity index (χ1) is 11.7. The fourth-order valence-electron chi connectivity index (χ4n) is 3.50. The van der Waals surface area contributed by atoms with Gasteiger partial charge >= 0.3 is 0 Å². The van der Waals surface area contributed by atoms with Crippen LogP contribution in [-0.2, 0) is 11.2 Å². The van der Waals surface area contributed by atoms with Crippen LogP contribution in [0.3, 0.4) is 0 Å². The van der Waals surface area contributed by atoms with Crippen LogP contribution in [0.1, 0.15) is 23.6 Å². The molecule has 0 bridgehead atoms. The Morgan fingerprint density at radius 2 is 2.04 bits per heavy atom.